The van der Waals surface area contributed by atoms with E-state index in [0.29, 0.717) is 11.5 Å². The molecule has 0 aliphatic heterocycles. The van der Waals surface area contributed by atoms with Crippen LogP contribution in [-0.2, 0) is 6.42 Å². The minimum atomic E-state index is 0.431. The summed E-state index contributed by atoms with van der Waals surface area (Å²) in [4.78, 5) is 0. The molecule has 0 saturated carbocycles. The van der Waals surface area contributed by atoms with Crippen LogP contribution < -0.4 is 5.32 Å². The molecule has 2 unspecified atom stereocenters. The highest BCUT2D eigenvalue weighted by atomic mass is 14.9. The first kappa shape index (κ1) is 17.2. The fourth-order valence-electron chi connectivity index (χ4n) is 3.15. The SMILES string of the molecule is CCNC(Cc1ccc(C)cc1)CC(C)CC(C)(C)C. The average molecular weight is 275 g/mol. The quantitative estimate of drug-likeness (QED) is 0.740. The monoisotopic (exact) mass is 275 g/mol. The van der Waals surface area contributed by atoms with Gasteiger partial charge in [0.15, 0.2) is 0 Å². The van der Waals surface area contributed by atoms with Gasteiger partial charge in [0.25, 0.3) is 0 Å². The van der Waals surface area contributed by atoms with Gasteiger partial charge in [0, 0.05) is 6.04 Å². The number of hydrogen-bond donors (Lipinski definition) is 1. The van der Waals surface area contributed by atoms with Gasteiger partial charge >= 0.3 is 0 Å². The zero-order valence-corrected chi connectivity index (χ0v) is 14.3. The Hall–Kier alpha value is -0.820. The zero-order chi connectivity index (χ0) is 15.2. The summed E-state index contributed by atoms with van der Waals surface area (Å²) < 4.78 is 0. The maximum atomic E-state index is 3.66. The highest BCUT2D eigenvalue weighted by Gasteiger charge is 2.19. The summed E-state index contributed by atoms with van der Waals surface area (Å²) in [6.07, 6.45) is 3.70. The van der Waals surface area contributed by atoms with Gasteiger partial charge in [-0.05, 0) is 49.6 Å². The van der Waals surface area contributed by atoms with Crippen LogP contribution in [0.2, 0.25) is 0 Å². The van der Waals surface area contributed by atoms with Crippen LogP contribution >= 0.6 is 0 Å². The number of aryl methyl sites for hydroxylation is 1. The number of nitrogens with one attached hydrogen (secondary N) is 1. The van der Waals surface area contributed by atoms with Crippen LogP contribution in [0.25, 0.3) is 0 Å². The Bertz CT molecular complexity index is 372. The molecule has 0 fully saturated rings. The molecule has 0 bridgehead atoms. The number of hydrogen-bond acceptors (Lipinski definition) is 1. The minimum Gasteiger partial charge on any atom is -0.314 e. The predicted molar refractivity (Wildman–Crippen MR) is 90.2 cm³/mol. The fourth-order valence-corrected chi connectivity index (χ4v) is 3.15. The fraction of sp³-hybridized carbons (Fsp3) is 0.684. The van der Waals surface area contributed by atoms with E-state index in [4.69, 9.17) is 0 Å². The van der Waals surface area contributed by atoms with Crippen LogP contribution in [0.4, 0.5) is 0 Å². The molecule has 0 aromatic heterocycles. The molecule has 1 nitrogen and oxygen atoms in total. The molecule has 1 rings (SSSR count). The van der Waals surface area contributed by atoms with E-state index in [1.54, 1.807) is 0 Å². The summed E-state index contributed by atoms with van der Waals surface area (Å²) >= 11 is 0. The van der Waals surface area contributed by atoms with E-state index in [1.807, 2.05) is 0 Å². The second kappa shape index (κ2) is 7.83. The lowest BCUT2D eigenvalue weighted by Gasteiger charge is -2.27. The molecule has 0 saturated heterocycles. The molecular weight excluding hydrogens is 242 g/mol. The molecule has 0 amide bonds. The minimum absolute atomic E-state index is 0.431. The lowest BCUT2D eigenvalue weighted by atomic mass is 9.82. The van der Waals surface area contributed by atoms with Crippen LogP contribution in [0.15, 0.2) is 24.3 Å². The highest BCUT2D eigenvalue weighted by Crippen LogP contribution is 2.27. The van der Waals surface area contributed by atoms with Crippen LogP contribution in [0, 0.1) is 18.3 Å². The topological polar surface area (TPSA) is 12.0 Å². The van der Waals surface area contributed by atoms with Crippen molar-refractivity contribution in [1.29, 1.82) is 0 Å². The molecule has 1 aromatic carbocycles. The molecule has 2 atom stereocenters. The van der Waals surface area contributed by atoms with E-state index in [9.17, 15) is 0 Å². The molecule has 1 heteroatoms. The Morgan fingerprint density at radius 1 is 1.10 bits per heavy atom. The summed E-state index contributed by atoms with van der Waals surface area (Å²) in [6, 6.07) is 9.58. The third-order valence-electron chi connectivity index (χ3n) is 3.74. The second-order valence-electron chi connectivity index (χ2n) is 7.55. The van der Waals surface area contributed by atoms with Gasteiger partial charge in [-0.1, -0.05) is 64.4 Å². The number of likely N-dealkylation sites (N-methyl/N-ethyl adjacent to an activating group) is 1. The van der Waals surface area contributed by atoms with Gasteiger partial charge < -0.3 is 5.32 Å². The van der Waals surface area contributed by atoms with Crippen LogP contribution in [0.1, 0.15) is 58.6 Å². The average Bonchev–Trinajstić information content (AvgIpc) is 2.30. The lowest BCUT2D eigenvalue weighted by molar-refractivity contribution is 0.275. The van der Waals surface area contributed by atoms with Gasteiger partial charge in [-0.3, -0.25) is 0 Å². The Morgan fingerprint density at radius 3 is 2.20 bits per heavy atom. The predicted octanol–water partition coefficient (Wildman–Crippen LogP) is 4.98. The van der Waals surface area contributed by atoms with Crippen molar-refractivity contribution in [2.75, 3.05) is 6.54 Å². The first-order valence-electron chi connectivity index (χ1n) is 8.09. The molecule has 1 N–H and O–H groups in total. The van der Waals surface area contributed by atoms with Crippen LogP contribution in [-0.4, -0.2) is 12.6 Å². The van der Waals surface area contributed by atoms with Gasteiger partial charge in [0.1, 0.15) is 0 Å². The van der Waals surface area contributed by atoms with Gasteiger partial charge in [0.2, 0.25) is 0 Å². The van der Waals surface area contributed by atoms with E-state index in [1.165, 1.54) is 24.0 Å². The van der Waals surface area contributed by atoms with Crippen molar-refractivity contribution in [3.05, 3.63) is 35.4 Å². The van der Waals surface area contributed by atoms with E-state index >= 15 is 0 Å². The van der Waals surface area contributed by atoms with Crippen LogP contribution in [0.3, 0.4) is 0 Å². The first-order valence-corrected chi connectivity index (χ1v) is 8.09. The van der Waals surface area contributed by atoms with Crippen molar-refractivity contribution >= 4 is 0 Å². The third-order valence-corrected chi connectivity index (χ3v) is 3.74. The zero-order valence-electron chi connectivity index (χ0n) is 14.3. The van der Waals surface area contributed by atoms with Crippen LogP contribution in [0.5, 0.6) is 0 Å². The molecular formula is C19H33N. The van der Waals surface area contributed by atoms with Crippen molar-refractivity contribution in [2.24, 2.45) is 11.3 Å². The maximum absolute atomic E-state index is 3.66. The maximum Gasteiger partial charge on any atom is 0.0110 e. The van der Waals surface area contributed by atoms with Crippen molar-refractivity contribution in [3.63, 3.8) is 0 Å². The molecule has 0 aliphatic rings. The largest absolute Gasteiger partial charge is 0.314 e. The molecule has 20 heavy (non-hydrogen) atoms. The summed E-state index contributed by atoms with van der Waals surface area (Å²) in [6.45, 7) is 14.8. The molecule has 0 spiro atoms. The molecule has 0 aliphatic carbocycles. The van der Waals surface area contributed by atoms with Crippen molar-refractivity contribution < 1.29 is 0 Å². The van der Waals surface area contributed by atoms with Crippen molar-refractivity contribution in [3.8, 4) is 0 Å². The Labute approximate surface area is 126 Å². The standard InChI is InChI=1S/C19H33N/c1-7-20-18(12-16(3)14-19(4,5)6)13-17-10-8-15(2)9-11-17/h8-11,16,18,20H,7,12-14H2,1-6H3. The lowest BCUT2D eigenvalue weighted by Crippen LogP contribution is -2.33. The molecule has 114 valence electrons. The summed E-state index contributed by atoms with van der Waals surface area (Å²) in [5, 5.41) is 3.66. The number of benzene rings is 1. The van der Waals surface area contributed by atoms with Gasteiger partial charge in [-0.15, -0.1) is 0 Å². The summed E-state index contributed by atoms with van der Waals surface area (Å²) in [5.41, 5.74) is 3.22. The second-order valence-corrected chi connectivity index (χ2v) is 7.55. The summed E-state index contributed by atoms with van der Waals surface area (Å²) in [7, 11) is 0. The van der Waals surface area contributed by atoms with Gasteiger partial charge in [0.05, 0.1) is 0 Å². The van der Waals surface area contributed by atoms with Crippen molar-refractivity contribution in [2.45, 2.75) is 66.8 Å². The van der Waals surface area contributed by atoms with E-state index in [2.05, 4.69) is 71.1 Å². The Balaban J connectivity index is 2.57. The molecule has 0 heterocycles. The van der Waals surface area contributed by atoms with E-state index < -0.39 is 0 Å². The Morgan fingerprint density at radius 2 is 1.70 bits per heavy atom. The van der Waals surface area contributed by atoms with E-state index in [-0.39, 0.29) is 0 Å². The number of rotatable bonds is 7. The first-order chi connectivity index (χ1) is 9.30. The third kappa shape index (κ3) is 7.09. The summed E-state index contributed by atoms with van der Waals surface area (Å²) in [5.74, 6) is 0.768. The smallest absolute Gasteiger partial charge is 0.0110 e. The van der Waals surface area contributed by atoms with Gasteiger partial charge in [-0.2, -0.15) is 0 Å². The normalized spacial score (nSPS) is 15.1. The Kier molecular flexibility index (Phi) is 6.75. The van der Waals surface area contributed by atoms with Crippen molar-refractivity contribution in [1.82, 2.24) is 5.32 Å². The van der Waals surface area contributed by atoms with E-state index in [0.717, 1.165) is 18.9 Å². The molecule has 0 radical (unpaired) electrons. The highest BCUT2D eigenvalue weighted by molar-refractivity contribution is 5.22. The van der Waals surface area contributed by atoms with Gasteiger partial charge in [-0.25, -0.2) is 0 Å². The molecule has 1 aromatic rings.